The first-order valence-electron chi connectivity index (χ1n) is 8.55. The SMILES string of the molecule is O=C(O)COc1ccccc1/C=C1/N=C(c2ccc3ccccc3c2)OC1=O. The van der Waals surface area contributed by atoms with E-state index in [4.69, 9.17) is 14.6 Å². The average molecular weight is 373 g/mol. The highest BCUT2D eigenvalue weighted by Crippen LogP contribution is 2.25. The van der Waals surface area contributed by atoms with Crippen molar-refractivity contribution in [1.82, 2.24) is 0 Å². The number of ether oxygens (including phenoxy) is 2. The van der Waals surface area contributed by atoms with Gasteiger partial charge >= 0.3 is 11.9 Å². The van der Waals surface area contributed by atoms with E-state index in [-0.39, 0.29) is 11.6 Å². The molecule has 3 aromatic carbocycles. The summed E-state index contributed by atoms with van der Waals surface area (Å²) in [6.45, 7) is -0.476. The Hall–Kier alpha value is -3.93. The highest BCUT2D eigenvalue weighted by atomic mass is 16.6. The van der Waals surface area contributed by atoms with Gasteiger partial charge in [-0.1, -0.05) is 48.5 Å². The van der Waals surface area contributed by atoms with E-state index in [0.29, 0.717) is 16.9 Å². The largest absolute Gasteiger partial charge is 0.481 e. The van der Waals surface area contributed by atoms with Crippen LogP contribution < -0.4 is 4.74 Å². The van der Waals surface area contributed by atoms with E-state index in [2.05, 4.69) is 4.99 Å². The smallest absolute Gasteiger partial charge is 0.363 e. The van der Waals surface area contributed by atoms with E-state index in [1.807, 2.05) is 42.5 Å². The molecule has 6 heteroatoms. The summed E-state index contributed by atoms with van der Waals surface area (Å²) in [4.78, 5) is 27.3. The molecular formula is C22H15NO5. The number of carbonyl (C=O) groups is 2. The summed E-state index contributed by atoms with van der Waals surface area (Å²) in [7, 11) is 0. The van der Waals surface area contributed by atoms with Gasteiger partial charge in [-0.05, 0) is 35.0 Å². The number of aliphatic imine (C=N–C) groups is 1. The van der Waals surface area contributed by atoms with Crippen LogP contribution in [-0.4, -0.2) is 29.5 Å². The van der Waals surface area contributed by atoms with Crippen molar-refractivity contribution in [2.45, 2.75) is 0 Å². The molecule has 0 aromatic heterocycles. The van der Waals surface area contributed by atoms with E-state index < -0.39 is 18.5 Å². The molecule has 0 aliphatic carbocycles. The summed E-state index contributed by atoms with van der Waals surface area (Å²) >= 11 is 0. The monoisotopic (exact) mass is 373 g/mol. The molecule has 0 radical (unpaired) electrons. The first-order valence-corrected chi connectivity index (χ1v) is 8.55. The molecule has 1 aliphatic heterocycles. The van der Waals surface area contributed by atoms with Crippen LogP contribution in [-0.2, 0) is 14.3 Å². The Morgan fingerprint density at radius 2 is 1.79 bits per heavy atom. The summed E-state index contributed by atoms with van der Waals surface area (Å²) in [5, 5.41) is 10.9. The first-order chi connectivity index (χ1) is 13.6. The Labute approximate surface area is 160 Å². The summed E-state index contributed by atoms with van der Waals surface area (Å²) in [5.74, 6) is -1.08. The Bertz CT molecular complexity index is 1150. The van der Waals surface area contributed by atoms with Gasteiger partial charge < -0.3 is 14.6 Å². The Morgan fingerprint density at radius 3 is 2.61 bits per heavy atom. The van der Waals surface area contributed by atoms with Crippen LogP contribution in [0.25, 0.3) is 16.8 Å². The number of para-hydroxylation sites is 1. The third-order valence-corrected chi connectivity index (χ3v) is 4.18. The number of carboxylic acids is 1. The van der Waals surface area contributed by atoms with Gasteiger partial charge in [-0.15, -0.1) is 0 Å². The van der Waals surface area contributed by atoms with Crippen LogP contribution >= 0.6 is 0 Å². The minimum atomic E-state index is -1.08. The molecule has 0 amide bonds. The molecule has 138 valence electrons. The number of carboxylic acid groups (broad SMARTS) is 1. The van der Waals surface area contributed by atoms with Crippen molar-refractivity contribution >= 4 is 34.7 Å². The number of fused-ring (bicyclic) bond motifs is 1. The number of esters is 1. The topological polar surface area (TPSA) is 85.2 Å². The second-order valence-corrected chi connectivity index (χ2v) is 6.12. The number of benzene rings is 3. The average Bonchev–Trinajstić information content (AvgIpc) is 3.07. The highest BCUT2D eigenvalue weighted by Gasteiger charge is 2.24. The van der Waals surface area contributed by atoms with Gasteiger partial charge in [-0.3, -0.25) is 0 Å². The lowest BCUT2D eigenvalue weighted by atomic mass is 10.1. The Kier molecular flexibility index (Phi) is 4.60. The fraction of sp³-hybridized carbons (Fsp3) is 0.0455. The van der Waals surface area contributed by atoms with Crippen LogP contribution in [0.2, 0.25) is 0 Å². The van der Waals surface area contributed by atoms with E-state index in [9.17, 15) is 9.59 Å². The third kappa shape index (κ3) is 3.61. The van der Waals surface area contributed by atoms with Crippen molar-refractivity contribution in [2.75, 3.05) is 6.61 Å². The molecule has 0 unspecified atom stereocenters. The summed E-state index contributed by atoms with van der Waals surface area (Å²) in [6.07, 6.45) is 1.52. The van der Waals surface area contributed by atoms with Crippen LogP contribution in [0.3, 0.4) is 0 Å². The van der Waals surface area contributed by atoms with Gasteiger partial charge in [0, 0.05) is 11.1 Å². The molecule has 28 heavy (non-hydrogen) atoms. The predicted molar refractivity (Wildman–Crippen MR) is 104 cm³/mol. The molecule has 0 bridgehead atoms. The van der Waals surface area contributed by atoms with Crippen LogP contribution in [0.1, 0.15) is 11.1 Å². The summed E-state index contributed by atoms with van der Waals surface area (Å²) < 4.78 is 10.6. The van der Waals surface area contributed by atoms with Crippen LogP contribution in [0.5, 0.6) is 5.75 Å². The molecular weight excluding hydrogens is 358 g/mol. The van der Waals surface area contributed by atoms with Crippen molar-refractivity contribution in [3.8, 4) is 5.75 Å². The van der Waals surface area contributed by atoms with Gasteiger partial charge in [-0.2, -0.15) is 0 Å². The molecule has 3 aromatic rings. The van der Waals surface area contributed by atoms with Gasteiger partial charge in [0.2, 0.25) is 5.90 Å². The van der Waals surface area contributed by atoms with Crippen molar-refractivity contribution < 1.29 is 24.2 Å². The van der Waals surface area contributed by atoms with Crippen molar-refractivity contribution in [3.63, 3.8) is 0 Å². The van der Waals surface area contributed by atoms with Crippen LogP contribution in [0.4, 0.5) is 0 Å². The molecule has 1 heterocycles. The van der Waals surface area contributed by atoms with Crippen LogP contribution in [0.15, 0.2) is 77.4 Å². The molecule has 1 N–H and O–H groups in total. The maximum atomic E-state index is 12.3. The predicted octanol–water partition coefficient (Wildman–Crippen LogP) is 3.65. The lowest BCUT2D eigenvalue weighted by Crippen LogP contribution is -2.10. The second-order valence-electron chi connectivity index (χ2n) is 6.12. The summed E-state index contributed by atoms with van der Waals surface area (Å²) in [6, 6.07) is 20.4. The van der Waals surface area contributed by atoms with E-state index >= 15 is 0 Å². The minimum absolute atomic E-state index is 0.120. The maximum absolute atomic E-state index is 12.3. The quantitative estimate of drug-likeness (QED) is 0.545. The maximum Gasteiger partial charge on any atom is 0.363 e. The molecule has 0 spiro atoms. The summed E-state index contributed by atoms with van der Waals surface area (Å²) in [5.41, 5.74) is 1.36. The fourth-order valence-electron chi connectivity index (χ4n) is 2.87. The number of aliphatic carboxylic acids is 1. The highest BCUT2D eigenvalue weighted by molar-refractivity contribution is 6.13. The minimum Gasteiger partial charge on any atom is -0.481 e. The van der Waals surface area contributed by atoms with Crippen molar-refractivity contribution in [1.29, 1.82) is 0 Å². The standard InChI is InChI=1S/C22H15NO5/c24-20(25)13-27-19-8-4-3-7-16(19)12-18-22(26)28-21(23-18)17-10-9-14-5-1-2-6-15(14)11-17/h1-12H,13H2,(H,24,25)/b18-12+. The van der Waals surface area contributed by atoms with Gasteiger partial charge in [0.1, 0.15) is 5.75 Å². The lowest BCUT2D eigenvalue weighted by Gasteiger charge is -2.06. The first kappa shape index (κ1) is 17.5. The van der Waals surface area contributed by atoms with Gasteiger partial charge in [-0.25, -0.2) is 14.6 Å². The zero-order valence-corrected chi connectivity index (χ0v) is 14.7. The van der Waals surface area contributed by atoms with Crippen molar-refractivity contribution in [3.05, 3.63) is 83.6 Å². The molecule has 4 rings (SSSR count). The zero-order valence-electron chi connectivity index (χ0n) is 14.7. The number of hydrogen-bond acceptors (Lipinski definition) is 5. The Balaban J connectivity index is 1.66. The molecule has 6 nitrogen and oxygen atoms in total. The van der Waals surface area contributed by atoms with Gasteiger partial charge in [0.05, 0.1) is 0 Å². The fourth-order valence-corrected chi connectivity index (χ4v) is 2.87. The van der Waals surface area contributed by atoms with Gasteiger partial charge in [0.15, 0.2) is 12.3 Å². The van der Waals surface area contributed by atoms with E-state index in [0.717, 1.165) is 10.8 Å². The van der Waals surface area contributed by atoms with E-state index in [1.165, 1.54) is 6.08 Å². The second kappa shape index (κ2) is 7.36. The molecule has 0 saturated carbocycles. The number of hydrogen-bond donors (Lipinski definition) is 1. The Morgan fingerprint density at radius 1 is 1.04 bits per heavy atom. The van der Waals surface area contributed by atoms with Gasteiger partial charge in [0.25, 0.3) is 0 Å². The molecule has 1 aliphatic rings. The molecule has 0 fully saturated rings. The molecule has 0 atom stereocenters. The third-order valence-electron chi connectivity index (χ3n) is 4.18. The van der Waals surface area contributed by atoms with Crippen molar-refractivity contribution in [2.24, 2.45) is 4.99 Å². The number of nitrogens with zero attached hydrogens (tertiary/aromatic N) is 1. The van der Waals surface area contributed by atoms with Crippen LogP contribution in [0, 0.1) is 0 Å². The number of cyclic esters (lactones) is 1. The number of rotatable bonds is 5. The normalized spacial score (nSPS) is 14.8. The number of carbonyl (C=O) groups excluding carboxylic acids is 1. The lowest BCUT2D eigenvalue weighted by molar-refractivity contribution is -0.139. The van der Waals surface area contributed by atoms with E-state index in [1.54, 1.807) is 24.3 Å². The molecule has 0 saturated heterocycles. The zero-order chi connectivity index (χ0) is 19.5.